The van der Waals surface area contributed by atoms with Gasteiger partial charge in [0.05, 0.1) is 16.6 Å². The number of nitrogens with one attached hydrogen (secondary N) is 1. The van der Waals surface area contributed by atoms with Crippen LogP contribution >= 0.6 is 0 Å². The number of likely N-dealkylation sites (N-methyl/N-ethyl adjacent to an activating group) is 1. The van der Waals surface area contributed by atoms with Crippen LogP contribution in [0.15, 0.2) is 53.3 Å². The second-order valence-corrected chi connectivity index (χ2v) is 8.56. The van der Waals surface area contributed by atoms with Crippen LogP contribution in [0, 0.1) is 0 Å². The first-order valence-electron chi connectivity index (χ1n) is 11.1. The molecule has 0 fully saturated rings. The van der Waals surface area contributed by atoms with Crippen molar-refractivity contribution in [2.24, 2.45) is 0 Å². The van der Waals surface area contributed by atoms with Crippen molar-refractivity contribution >= 4 is 27.7 Å². The van der Waals surface area contributed by atoms with Crippen molar-refractivity contribution in [2.45, 2.75) is 25.9 Å². The van der Waals surface area contributed by atoms with Gasteiger partial charge < -0.3 is 14.8 Å². The number of para-hydroxylation sites is 2. The quantitative estimate of drug-likeness (QED) is 0.512. The lowest BCUT2D eigenvalue weighted by atomic mass is 10.0. The maximum absolute atomic E-state index is 13.2. The Hall–Kier alpha value is -3.45. The smallest absolute Gasteiger partial charge is 0.261 e. The highest BCUT2D eigenvalue weighted by molar-refractivity contribution is 5.92. The zero-order valence-corrected chi connectivity index (χ0v) is 18.5. The second kappa shape index (κ2) is 8.24. The molecule has 0 spiro atoms. The third-order valence-electron chi connectivity index (χ3n) is 6.18. The van der Waals surface area contributed by atoms with Crippen molar-refractivity contribution in [3.63, 3.8) is 0 Å². The molecular formula is C25H27N5O2. The summed E-state index contributed by atoms with van der Waals surface area (Å²) in [4.78, 5) is 32.6. The molecule has 0 radical (unpaired) electrons. The molecule has 0 aliphatic carbocycles. The predicted molar refractivity (Wildman–Crippen MR) is 127 cm³/mol. The molecule has 1 N–H and O–H groups in total. The van der Waals surface area contributed by atoms with Crippen molar-refractivity contribution in [2.75, 3.05) is 27.2 Å². The summed E-state index contributed by atoms with van der Waals surface area (Å²) >= 11 is 0. The van der Waals surface area contributed by atoms with Crippen LogP contribution in [0.5, 0.6) is 0 Å². The maximum atomic E-state index is 13.2. The van der Waals surface area contributed by atoms with E-state index in [1.807, 2.05) is 55.4 Å². The molecule has 0 saturated carbocycles. The van der Waals surface area contributed by atoms with Gasteiger partial charge >= 0.3 is 0 Å². The molecule has 0 atom stereocenters. The summed E-state index contributed by atoms with van der Waals surface area (Å²) in [5.74, 6) is 0.720. The number of amides is 1. The van der Waals surface area contributed by atoms with Crippen molar-refractivity contribution in [1.82, 2.24) is 24.3 Å². The van der Waals surface area contributed by atoms with Crippen LogP contribution in [0.25, 0.3) is 33.3 Å². The summed E-state index contributed by atoms with van der Waals surface area (Å²) in [6.07, 6.45) is 1.14. The lowest BCUT2D eigenvalue weighted by Gasteiger charge is -2.21. The average molecular weight is 430 g/mol. The number of hydrogen-bond acceptors (Lipinski definition) is 4. The van der Waals surface area contributed by atoms with Crippen molar-refractivity contribution < 1.29 is 4.79 Å². The topological polar surface area (TPSA) is 72.2 Å². The number of benzene rings is 2. The summed E-state index contributed by atoms with van der Waals surface area (Å²) in [7, 11) is 3.97. The minimum atomic E-state index is -0.00511. The summed E-state index contributed by atoms with van der Waals surface area (Å²) in [5, 5.41) is 4.80. The Balaban J connectivity index is 1.58. The number of aromatic nitrogens is 3. The van der Waals surface area contributed by atoms with Crippen molar-refractivity contribution in [1.29, 1.82) is 0 Å². The van der Waals surface area contributed by atoms with E-state index in [2.05, 4.69) is 22.0 Å². The Morgan fingerprint density at radius 1 is 1.09 bits per heavy atom. The van der Waals surface area contributed by atoms with Crippen LogP contribution in [0.4, 0.5) is 0 Å². The molecule has 0 saturated heterocycles. The monoisotopic (exact) mass is 429 g/mol. The molecule has 164 valence electrons. The first-order chi connectivity index (χ1) is 15.5. The van der Waals surface area contributed by atoms with E-state index in [1.165, 1.54) is 10.9 Å². The third-order valence-corrected chi connectivity index (χ3v) is 6.18. The van der Waals surface area contributed by atoms with Gasteiger partial charge in [-0.2, -0.15) is 0 Å². The second-order valence-electron chi connectivity index (χ2n) is 8.56. The number of rotatable bonds is 6. The van der Waals surface area contributed by atoms with Gasteiger partial charge in [-0.3, -0.25) is 14.2 Å². The first kappa shape index (κ1) is 20.5. The zero-order chi connectivity index (χ0) is 22.2. The fourth-order valence-corrected chi connectivity index (χ4v) is 4.62. The van der Waals surface area contributed by atoms with E-state index >= 15 is 0 Å². The minimum Gasteiger partial charge on any atom is -0.355 e. The molecule has 7 heteroatoms. The van der Waals surface area contributed by atoms with Gasteiger partial charge in [0, 0.05) is 43.5 Å². The summed E-state index contributed by atoms with van der Waals surface area (Å²) in [6, 6.07) is 15.8. The van der Waals surface area contributed by atoms with E-state index in [0.717, 1.165) is 24.2 Å². The van der Waals surface area contributed by atoms with Gasteiger partial charge in [0.2, 0.25) is 5.91 Å². The highest BCUT2D eigenvalue weighted by Gasteiger charge is 2.27. The largest absolute Gasteiger partial charge is 0.355 e. The molecule has 32 heavy (non-hydrogen) atoms. The third kappa shape index (κ3) is 3.48. The number of aryl methyl sites for hydroxylation is 2. The van der Waals surface area contributed by atoms with E-state index in [1.54, 1.807) is 4.57 Å². The lowest BCUT2D eigenvalue weighted by Crippen LogP contribution is -2.32. The molecule has 0 unspecified atom stereocenters. The fraction of sp³-hybridized carbons (Fsp3) is 0.320. The highest BCUT2D eigenvalue weighted by atomic mass is 16.1. The van der Waals surface area contributed by atoms with E-state index < -0.39 is 0 Å². The van der Waals surface area contributed by atoms with Gasteiger partial charge in [-0.05, 0) is 44.3 Å². The molecule has 2 aromatic carbocycles. The molecule has 7 nitrogen and oxygen atoms in total. The Morgan fingerprint density at radius 2 is 1.84 bits per heavy atom. The van der Waals surface area contributed by atoms with Gasteiger partial charge in [-0.25, -0.2) is 4.98 Å². The molecule has 1 aliphatic rings. The Labute approximate surface area is 186 Å². The molecule has 5 rings (SSSR count). The molecule has 1 aliphatic heterocycles. The van der Waals surface area contributed by atoms with Gasteiger partial charge in [-0.1, -0.05) is 30.3 Å². The van der Waals surface area contributed by atoms with Gasteiger partial charge in [0.1, 0.15) is 0 Å². The van der Waals surface area contributed by atoms with Crippen LogP contribution < -0.4 is 10.9 Å². The molecular weight excluding hydrogens is 402 g/mol. The first-order valence-corrected chi connectivity index (χ1v) is 11.1. The number of hydrogen-bond donors (Lipinski definition) is 1. The number of carbonyl (C=O) groups excluding carboxylic acids is 1. The summed E-state index contributed by atoms with van der Waals surface area (Å²) in [6.45, 7) is 2.58. The summed E-state index contributed by atoms with van der Waals surface area (Å²) < 4.78 is 3.96. The van der Waals surface area contributed by atoms with Crippen LogP contribution in [-0.2, 0) is 24.3 Å². The van der Waals surface area contributed by atoms with Crippen LogP contribution in [0.3, 0.4) is 0 Å². The zero-order valence-electron chi connectivity index (χ0n) is 18.5. The molecule has 4 aromatic rings. The van der Waals surface area contributed by atoms with Crippen LogP contribution in [0.1, 0.15) is 12.0 Å². The van der Waals surface area contributed by atoms with E-state index in [4.69, 9.17) is 4.98 Å². The van der Waals surface area contributed by atoms with Crippen LogP contribution in [0.2, 0.25) is 0 Å². The highest BCUT2D eigenvalue weighted by Crippen LogP contribution is 2.36. The van der Waals surface area contributed by atoms with Gasteiger partial charge in [0.25, 0.3) is 5.56 Å². The van der Waals surface area contributed by atoms with Crippen molar-refractivity contribution in [3.8, 4) is 11.5 Å². The molecule has 1 amide bonds. The number of nitrogens with zero attached hydrogens (tertiary/aromatic N) is 4. The van der Waals surface area contributed by atoms with E-state index in [9.17, 15) is 9.59 Å². The lowest BCUT2D eigenvalue weighted by molar-refractivity contribution is -0.121. The Kier molecular flexibility index (Phi) is 5.27. The normalized spacial score (nSPS) is 12.8. The molecule has 2 aromatic heterocycles. The molecule has 0 bridgehead atoms. The van der Waals surface area contributed by atoms with Gasteiger partial charge in [0.15, 0.2) is 5.82 Å². The Bertz CT molecular complexity index is 1380. The Morgan fingerprint density at radius 3 is 2.66 bits per heavy atom. The standard InChI is InChI=1S/C25H27N5O2/c1-28(2)16-13-26-22(31)12-15-29-21-10-6-4-7-17(21)18-11-14-30-24(23(18)29)27-20-9-5-3-8-19(20)25(30)32/h3-10H,11-16H2,1-2H3,(H,26,31). The van der Waals surface area contributed by atoms with E-state index in [0.29, 0.717) is 42.8 Å². The van der Waals surface area contributed by atoms with E-state index in [-0.39, 0.29) is 11.5 Å². The predicted octanol–water partition coefficient (Wildman–Crippen LogP) is 2.64. The number of carbonyl (C=O) groups is 1. The van der Waals surface area contributed by atoms with Crippen LogP contribution in [-0.4, -0.2) is 52.1 Å². The SMILES string of the molecule is CN(C)CCNC(=O)CCn1c2c(c3ccccc31)CCn1c-2nc2ccccc2c1=O. The number of fused-ring (bicyclic) bond motifs is 6. The summed E-state index contributed by atoms with van der Waals surface area (Å²) in [5.41, 5.74) is 3.94. The average Bonchev–Trinajstić information content (AvgIpc) is 3.12. The fourth-order valence-electron chi connectivity index (χ4n) is 4.62. The molecule has 3 heterocycles. The van der Waals surface area contributed by atoms with Gasteiger partial charge in [-0.15, -0.1) is 0 Å². The van der Waals surface area contributed by atoms with Crippen molar-refractivity contribution in [3.05, 3.63) is 64.4 Å². The maximum Gasteiger partial charge on any atom is 0.261 e. The minimum absolute atomic E-state index is 0.00511.